The van der Waals surface area contributed by atoms with Gasteiger partial charge in [-0.2, -0.15) is 0 Å². The Morgan fingerprint density at radius 3 is 1.58 bits per heavy atom. The minimum absolute atomic E-state index is 0.197. The average molecular weight is 656 g/mol. The fourth-order valence-corrected chi connectivity index (χ4v) is 5.70. The van der Waals surface area contributed by atoms with Crippen molar-refractivity contribution in [1.82, 2.24) is 5.32 Å². The first-order chi connectivity index (χ1) is 23.1. The first-order valence-electron chi connectivity index (χ1n) is 16.3. The molecule has 0 spiro atoms. The Balaban J connectivity index is 1.36. The Morgan fingerprint density at radius 1 is 0.625 bits per heavy atom. The molecule has 0 aliphatic carbocycles. The van der Waals surface area contributed by atoms with E-state index in [4.69, 9.17) is 19.7 Å². The molecule has 0 aliphatic heterocycles. The van der Waals surface area contributed by atoms with Crippen LogP contribution in [0.1, 0.15) is 43.2 Å². The number of aliphatic hydroxyl groups excluding tert-OH is 2. The summed E-state index contributed by atoms with van der Waals surface area (Å²) >= 11 is 0. The second kappa shape index (κ2) is 18.0. The maximum Gasteiger partial charge on any atom is 0.306 e. The summed E-state index contributed by atoms with van der Waals surface area (Å²) in [5.74, 6) is -0.521. The monoisotopic (exact) mass is 655 g/mol. The van der Waals surface area contributed by atoms with Crippen molar-refractivity contribution in [3.05, 3.63) is 96.1 Å². The number of hydrogen-bond acceptors (Lipinski definition) is 7. The van der Waals surface area contributed by atoms with Crippen LogP contribution in [-0.4, -0.2) is 70.9 Å². The van der Waals surface area contributed by atoms with E-state index in [1.807, 2.05) is 36.4 Å². The average Bonchev–Trinajstić information content (AvgIpc) is 3.05. The minimum atomic E-state index is -1.03. The van der Waals surface area contributed by atoms with Crippen molar-refractivity contribution in [1.29, 1.82) is 0 Å². The van der Waals surface area contributed by atoms with Crippen molar-refractivity contribution >= 4 is 11.9 Å². The Kier molecular flexibility index (Phi) is 13.6. The van der Waals surface area contributed by atoms with Crippen LogP contribution in [0.5, 0.6) is 11.5 Å². The molecule has 4 aromatic rings. The second-order valence-electron chi connectivity index (χ2n) is 11.9. The van der Waals surface area contributed by atoms with Crippen molar-refractivity contribution in [2.75, 3.05) is 26.3 Å². The van der Waals surface area contributed by atoms with Crippen LogP contribution < -0.4 is 14.8 Å². The van der Waals surface area contributed by atoms with E-state index < -0.39 is 24.1 Å². The highest BCUT2D eigenvalue weighted by molar-refractivity contribution is 5.83. The third-order valence-corrected chi connectivity index (χ3v) is 8.24. The maximum atomic E-state index is 10.7. The fourth-order valence-electron chi connectivity index (χ4n) is 5.70. The van der Waals surface area contributed by atoms with Gasteiger partial charge in [0.2, 0.25) is 0 Å². The molecule has 2 atom stereocenters. The van der Waals surface area contributed by atoms with Crippen molar-refractivity contribution < 1.29 is 39.5 Å². The van der Waals surface area contributed by atoms with Crippen molar-refractivity contribution in [3.63, 3.8) is 0 Å². The molecule has 0 radical (unpaired) electrons. The first-order valence-corrected chi connectivity index (χ1v) is 16.3. The van der Waals surface area contributed by atoms with Crippen LogP contribution in [-0.2, 0) is 9.59 Å². The highest BCUT2D eigenvalue weighted by Crippen LogP contribution is 2.37. The topological polar surface area (TPSA) is 146 Å². The third-order valence-electron chi connectivity index (χ3n) is 8.24. The first kappa shape index (κ1) is 36.1. The number of aliphatic hydroxyl groups is 2. The predicted octanol–water partition coefficient (Wildman–Crippen LogP) is 6.49. The Hall–Kier alpha value is -4.70. The number of carboxylic acid groups (broad SMARTS) is 2. The Labute approximate surface area is 281 Å². The van der Waals surface area contributed by atoms with Crippen LogP contribution in [0.4, 0.5) is 0 Å². The molecule has 0 saturated heterocycles. The molecule has 0 heterocycles. The number of carbonyl (C=O) groups is 2. The summed E-state index contributed by atoms with van der Waals surface area (Å²) in [6, 6.07) is 28.7. The number of ether oxygens (including phenoxy) is 2. The van der Waals surface area contributed by atoms with E-state index >= 15 is 0 Å². The molecule has 0 unspecified atom stereocenters. The van der Waals surface area contributed by atoms with Crippen molar-refractivity contribution in [2.24, 2.45) is 0 Å². The van der Waals surface area contributed by atoms with Crippen LogP contribution in [0.2, 0.25) is 0 Å². The molecule has 0 saturated carbocycles. The number of aliphatic carboxylic acids is 2. The molecule has 9 nitrogen and oxygen atoms in total. The van der Waals surface area contributed by atoms with Gasteiger partial charge in [0, 0.05) is 13.1 Å². The summed E-state index contributed by atoms with van der Waals surface area (Å²) in [5, 5.41) is 39.8. The molecule has 4 rings (SSSR count). The van der Waals surface area contributed by atoms with E-state index in [1.54, 1.807) is 0 Å². The minimum Gasteiger partial charge on any atom is -0.494 e. The van der Waals surface area contributed by atoms with Gasteiger partial charge in [-0.15, -0.1) is 0 Å². The van der Waals surface area contributed by atoms with E-state index in [9.17, 15) is 19.8 Å². The maximum absolute atomic E-state index is 10.7. The molecule has 48 heavy (non-hydrogen) atoms. The lowest BCUT2D eigenvalue weighted by atomic mass is 9.88. The molecular formula is C39H45NO8. The SMILES string of the molecule is Cc1c(-c2ccc(OCCCC[C@H](O)CC(=O)O)cc2)cccc1-c1cccc(-c2ccc(OCCNC[C@H](O)CC(=O)O)cc2)c1C. The summed E-state index contributed by atoms with van der Waals surface area (Å²) in [6.07, 6.45) is -0.386. The summed E-state index contributed by atoms with van der Waals surface area (Å²) < 4.78 is 11.7. The van der Waals surface area contributed by atoms with Crippen LogP contribution >= 0.6 is 0 Å². The van der Waals surface area contributed by atoms with Crippen LogP contribution in [0.15, 0.2) is 84.9 Å². The van der Waals surface area contributed by atoms with Gasteiger partial charge in [0.05, 0.1) is 31.7 Å². The highest BCUT2D eigenvalue weighted by atomic mass is 16.5. The summed E-state index contributed by atoms with van der Waals surface area (Å²) in [7, 11) is 0. The van der Waals surface area contributed by atoms with Crippen LogP contribution in [0.25, 0.3) is 33.4 Å². The second-order valence-corrected chi connectivity index (χ2v) is 11.9. The zero-order valence-electron chi connectivity index (χ0n) is 27.5. The predicted molar refractivity (Wildman–Crippen MR) is 186 cm³/mol. The molecule has 0 aliphatic rings. The molecule has 0 aromatic heterocycles. The van der Waals surface area contributed by atoms with Gasteiger partial charge in [-0.05, 0) is 102 Å². The quantitative estimate of drug-likeness (QED) is 0.0716. The van der Waals surface area contributed by atoms with Crippen LogP contribution in [0.3, 0.4) is 0 Å². The molecule has 9 heteroatoms. The lowest BCUT2D eigenvalue weighted by molar-refractivity contribution is -0.140. The standard InChI is InChI=1S/C39H45NO8/c1-26-34(28-12-16-32(17-13-28)47-21-4-3-7-30(41)23-38(43)44)8-5-10-36(26)37-11-6-9-35(27(37)2)29-14-18-33(19-15-29)48-22-20-40-25-31(42)24-39(45)46/h5-6,8-19,30-31,40-42H,3-4,7,20-25H2,1-2H3,(H,43,44)(H,45,46)/t30-,31+/m0/s1. The normalized spacial score (nSPS) is 12.3. The number of carboxylic acids is 2. The Morgan fingerprint density at radius 2 is 1.08 bits per heavy atom. The molecule has 0 fully saturated rings. The smallest absolute Gasteiger partial charge is 0.306 e. The van der Waals surface area contributed by atoms with Gasteiger partial charge in [0.1, 0.15) is 18.1 Å². The molecule has 254 valence electrons. The van der Waals surface area contributed by atoms with Gasteiger partial charge in [-0.25, -0.2) is 0 Å². The van der Waals surface area contributed by atoms with E-state index in [0.717, 1.165) is 51.3 Å². The van der Waals surface area contributed by atoms with Crippen molar-refractivity contribution in [3.8, 4) is 44.9 Å². The van der Waals surface area contributed by atoms with Crippen molar-refractivity contribution in [2.45, 2.75) is 58.2 Å². The third kappa shape index (κ3) is 10.7. The molecule has 0 bridgehead atoms. The molecular weight excluding hydrogens is 610 g/mol. The number of rotatable bonds is 19. The molecule has 0 amide bonds. The number of unbranched alkanes of at least 4 members (excludes halogenated alkanes) is 1. The van der Waals surface area contributed by atoms with Crippen LogP contribution in [0, 0.1) is 13.8 Å². The zero-order valence-corrected chi connectivity index (χ0v) is 27.5. The number of nitrogens with one attached hydrogen (secondary N) is 1. The summed E-state index contributed by atoms with van der Waals surface area (Å²) in [6.45, 7) is 5.87. The van der Waals surface area contributed by atoms with Gasteiger partial charge in [-0.3, -0.25) is 9.59 Å². The lowest BCUT2D eigenvalue weighted by Crippen LogP contribution is -2.31. The van der Waals surface area contributed by atoms with Gasteiger partial charge >= 0.3 is 11.9 Å². The molecule has 5 N–H and O–H groups in total. The fraction of sp³-hybridized carbons (Fsp3) is 0.333. The van der Waals surface area contributed by atoms with E-state index in [-0.39, 0.29) is 19.4 Å². The highest BCUT2D eigenvalue weighted by Gasteiger charge is 2.14. The van der Waals surface area contributed by atoms with Gasteiger partial charge in [0.25, 0.3) is 0 Å². The zero-order chi connectivity index (χ0) is 34.5. The van der Waals surface area contributed by atoms with Gasteiger partial charge in [-0.1, -0.05) is 60.7 Å². The van der Waals surface area contributed by atoms with Gasteiger partial charge in [0.15, 0.2) is 0 Å². The molecule has 4 aromatic carbocycles. The van der Waals surface area contributed by atoms with E-state index in [2.05, 4.69) is 67.7 Å². The summed E-state index contributed by atoms with van der Waals surface area (Å²) in [4.78, 5) is 21.3. The van der Waals surface area contributed by atoms with E-state index in [1.165, 1.54) is 11.1 Å². The largest absolute Gasteiger partial charge is 0.494 e. The number of hydrogen-bond donors (Lipinski definition) is 5. The van der Waals surface area contributed by atoms with Gasteiger partial charge < -0.3 is 35.2 Å². The van der Waals surface area contributed by atoms with E-state index in [0.29, 0.717) is 32.6 Å². The Bertz CT molecular complexity index is 1510. The number of benzene rings is 4. The lowest BCUT2D eigenvalue weighted by Gasteiger charge is -2.17. The summed E-state index contributed by atoms with van der Waals surface area (Å²) in [5.41, 5.74) is 9.13.